The van der Waals surface area contributed by atoms with E-state index >= 15 is 0 Å². The lowest BCUT2D eigenvalue weighted by Gasteiger charge is -2.56. The van der Waals surface area contributed by atoms with E-state index in [1.807, 2.05) is 44.2 Å². The molecule has 6 heteroatoms. The Hall–Kier alpha value is -2.37. The van der Waals surface area contributed by atoms with E-state index in [1.165, 1.54) is 19.3 Å². The Labute approximate surface area is 184 Å². The summed E-state index contributed by atoms with van der Waals surface area (Å²) in [6.07, 6.45) is 7.73. The lowest BCUT2D eigenvalue weighted by Crippen LogP contribution is -2.62. The Bertz CT molecular complexity index is 787. The first kappa shape index (κ1) is 21.8. The fraction of sp³-hybridized carbons (Fsp3) is 0.640. The molecule has 0 radical (unpaired) electrons. The molecule has 0 heterocycles. The Morgan fingerprint density at radius 3 is 2.16 bits per heavy atom. The second-order valence-corrected chi connectivity index (χ2v) is 10.1. The molecule has 1 aromatic carbocycles. The van der Waals surface area contributed by atoms with Crippen molar-refractivity contribution in [3.8, 4) is 0 Å². The molecule has 6 nitrogen and oxygen atoms in total. The molecule has 3 amide bonds. The van der Waals surface area contributed by atoms with Crippen molar-refractivity contribution in [2.75, 3.05) is 6.61 Å². The Morgan fingerprint density at radius 2 is 1.61 bits per heavy atom. The minimum Gasteiger partial charge on any atom is -0.455 e. The summed E-state index contributed by atoms with van der Waals surface area (Å²) < 4.78 is 5.31. The highest BCUT2D eigenvalue weighted by atomic mass is 16.5. The molecule has 0 spiro atoms. The van der Waals surface area contributed by atoms with Crippen molar-refractivity contribution in [3.05, 3.63) is 35.9 Å². The molecule has 1 aromatic rings. The second kappa shape index (κ2) is 9.01. The number of esters is 1. The topological polar surface area (TPSA) is 84.5 Å². The number of hydrogen-bond donors (Lipinski definition) is 2. The van der Waals surface area contributed by atoms with E-state index in [-0.39, 0.29) is 11.5 Å². The number of benzene rings is 1. The molecule has 2 atom stereocenters. The van der Waals surface area contributed by atoms with Gasteiger partial charge in [-0.3, -0.25) is 14.9 Å². The van der Waals surface area contributed by atoms with Gasteiger partial charge >= 0.3 is 12.0 Å². The molecular formula is C25H34N2O4. The first-order valence-electron chi connectivity index (χ1n) is 11.7. The highest BCUT2D eigenvalue weighted by molar-refractivity contribution is 5.96. The van der Waals surface area contributed by atoms with Crippen LogP contribution in [0.1, 0.15) is 70.3 Å². The normalized spacial score (nSPS) is 30.3. The van der Waals surface area contributed by atoms with Crippen LogP contribution >= 0.6 is 0 Å². The number of urea groups is 1. The maximum atomic E-state index is 12.7. The molecule has 5 rings (SSSR count). The minimum atomic E-state index is -0.591. The molecule has 0 saturated heterocycles. The van der Waals surface area contributed by atoms with Crippen LogP contribution < -0.4 is 10.6 Å². The summed E-state index contributed by atoms with van der Waals surface area (Å²) in [7, 11) is 0. The second-order valence-electron chi connectivity index (χ2n) is 10.1. The molecule has 4 fully saturated rings. The molecular weight excluding hydrogens is 392 g/mol. The third-order valence-electron chi connectivity index (χ3n) is 7.64. The van der Waals surface area contributed by atoms with E-state index < -0.39 is 30.4 Å². The van der Waals surface area contributed by atoms with Crippen molar-refractivity contribution in [1.29, 1.82) is 0 Å². The summed E-state index contributed by atoms with van der Waals surface area (Å²) in [5.74, 6) is 0.747. The third-order valence-corrected chi connectivity index (χ3v) is 7.64. The fourth-order valence-electron chi connectivity index (χ4n) is 6.52. The van der Waals surface area contributed by atoms with Gasteiger partial charge in [0.15, 0.2) is 6.61 Å². The molecule has 2 N–H and O–H groups in total. The molecule has 4 aliphatic rings. The molecule has 2 unspecified atom stereocenters. The van der Waals surface area contributed by atoms with Crippen LogP contribution in [-0.4, -0.2) is 30.1 Å². The molecule has 4 bridgehead atoms. The molecule has 4 aliphatic carbocycles. The van der Waals surface area contributed by atoms with Crippen LogP contribution in [0.5, 0.6) is 0 Å². The van der Waals surface area contributed by atoms with Crippen LogP contribution in [0.25, 0.3) is 0 Å². The zero-order valence-electron chi connectivity index (χ0n) is 18.6. The van der Waals surface area contributed by atoms with Crippen LogP contribution in [0.15, 0.2) is 30.3 Å². The van der Waals surface area contributed by atoms with E-state index in [0.717, 1.165) is 31.2 Å². The van der Waals surface area contributed by atoms with Gasteiger partial charge in [0.25, 0.3) is 5.91 Å². The summed E-state index contributed by atoms with van der Waals surface area (Å²) >= 11 is 0. The predicted octanol–water partition coefficient (Wildman–Crippen LogP) is 4.15. The number of amides is 3. The van der Waals surface area contributed by atoms with E-state index in [9.17, 15) is 14.4 Å². The number of ether oxygens (including phenoxy) is 1. The van der Waals surface area contributed by atoms with Gasteiger partial charge in [-0.2, -0.15) is 0 Å². The first-order chi connectivity index (χ1) is 14.9. The smallest absolute Gasteiger partial charge is 0.321 e. The highest BCUT2D eigenvalue weighted by Crippen LogP contribution is 2.55. The SMILES string of the molecule is CCC(C)C(C(=O)OCC(=O)NC(=O)NC12CC3CC(CC(C3)C1)C2)c1ccccc1. The van der Waals surface area contributed by atoms with E-state index in [1.54, 1.807) is 0 Å². The van der Waals surface area contributed by atoms with Crippen molar-refractivity contribution in [2.45, 2.75) is 70.3 Å². The van der Waals surface area contributed by atoms with Gasteiger partial charge in [0, 0.05) is 5.54 Å². The summed E-state index contributed by atoms with van der Waals surface area (Å²) in [6.45, 7) is 3.57. The van der Waals surface area contributed by atoms with Crippen molar-refractivity contribution in [2.24, 2.45) is 23.7 Å². The van der Waals surface area contributed by atoms with Crippen molar-refractivity contribution >= 4 is 17.9 Å². The summed E-state index contributed by atoms with van der Waals surface area (Å²) in [4.78, 5) is 37.5. The minimum absolute atomic E-state index is 0.0809. The number of carbonyl (C=O) groups is 3. The van der Waals surface area contributed by atoms with E-state index in [2.05, 4.69) is 10.6 Å². The van der Waals surface area contributed by atoms with Gasteiger partial charge in [-0.1, -0.05) is 50.6 Å². The number of rotatable bonds is 7. The van der Waals surface area contributed by atoms with Gasteiger partial charge < -0.3 is 10.1 Å². The standard InChI is InChI=1S/C25H34N2O4/c1-3-16(2)22(20-7-5-4-6-8-20)23(29)31-15-21(28)26-24(30)27-25-12-17-9-18(13-25)11-19(10-17)14-25/h4-8,16-19,22H,3,9-15H2,1-2H3,(H2,26,27,28,30). The molecule has 31 heavy (non-hydrogen) atoms. The van der Waals surface area contributed by atoms with Crippen molar-refractivity contribution in [3.63, 3.8) is 0 Å². The van der Waals surface area contributed by atoms with Gasteiger partial charge in [0.2, 0.25) is 0 Å². The predicted molar refractivity (Wildman–Crippen MR) is 117 cm³/mol. The van der Waals surface area contributed by atoms with Gasteiger partial charge in [0.05, 0.1) is 5.92 Å². The van der Waals surface area contributed by atoms with Crippen LogP contribution in [0.2, 0.25) is 0 Å². The number of carbonyl (C=O) groups excluding carboxylic acids is 3. The zero-order chi connectivity index (χ0) is 22.0. The fourth-order valence-corrected chi connectivity index (χ4v) is 6.52. The van der Waals surface area contributed by atoms with Gasteiger partial charge in [-0.25, -0.2) is 4.79 Å². The van der Waals surface area contributed by atoms with Crippen molar-refractivity contribution in [1.82, 2.24) is 10.6 Å². The first-order valence-corrected chi connectivity index (χ1v) is 11.7. The largest absolute Gasteiger partial charge is 0.455 e. The summed E-state index contributed by atoms with van der Waals surface area (Å²) in [6, 6.07) is 9.01. The summed E-state index contributed by atoms with van der Waals surface area (Å²) in [5.41, 5.74) is 0.715. The van der Waals surface area contributed by atoms with Gasteiger partial charge in [-0.05, 0) is 67.8 Å². The number of hydrogen-bond acceptors (Lipinski definition) is 4. The number of nitrogens with one attached hydrogen (secondary N) is 2. The summed E-state index contributed by atoms with van der Waals surface area (Å²) in [5, 5.41) is 5.47. The Balaban J connectivity index is 1.28. The zero-order valence-corrected chi connectivity index (χ0v) is 18.6. The van der Waals surface area contributed by atoms with Crippen LogP contribution in [0.4, 0.5) is 4.79 Å². The maximum Gasteiger partial charge on any atom is 0.321 e. The lowest BCUT2D eigenvalue weighted by molar-refractivity contribution is -0.151. The lowest BCUT2D eigenvalue weighted by atomic mass is 9.53. The molecule has 0 aromatic heterocycles. The molecule has 168 valence electrons. The Morgan fingerprint density at radius 1 is 1.03 bits per heavy atom. The average molecular weight is 427 g/mol. The number of imide groups is 1. The van der Waals surface area contributed by atoms with E-state index in [0.29, 0.717) is 17.8 Å². The van der Waals surface area contributed by atoms with Gasteiger partial charge in [-0.15, -0.1) is 0 Å². The van der Waals surface area contributed by atoms with Crippen molar-refractivity contribution < 1.29 is 19.1 Å². The molecule has 0 aliphatic heterocycles. The van der Waals surface area contributed by atoms with E-state index in [4.69, 9.17) is 4.74 Å². The van der Waals surface area contributed by atoms with Crippen LogP contribution in [0, 0.1) is 23.7 Å². The van der Waals surface area contributed by atoms with Crippen LogP contribution in [-0.2, 0) is 14.3 Å². The maximum absolute atomic E-state index is 12.7. The average Bonchev–Trinajstić information content (AvgIpc) is 2.71. The highest BCUT2D eigenvalue weighted by Gasteiger charge is 2.51. The molecule has 4 saturated carbocycles. The third kappa shape index (κ3) is 4.94. The quantitative estimate of drug-likeness (QED) is 0.642. The van der Waals surface area contributed by atoms with Gasteiger partial charge in [0.1, 0.15) is 0 Å². The Kier molecular flexibility index (Phi) is 6.35. The monoisotopic (exact) mass is 426 g/mol. The van der Waals surface area contributed by atoms with Crippen LogP contribution in [0.3, 0.4) is 0 Å².